The van der Waals surface area contributed by atoms with E-state index in [-0.39, 0.29) is 18.0 Å². The molecule has 1 aliphatic heterocycles. The molecule has 3 aromatic rings. The van der Waals surface area contributed by atoms with Crippen molar-refractivity contribution in [2.45, 2.75) is 52.1 Å². The Hall–Kier alpha value is -3.28. The molecular formula is C24H27N5O. The number of aryl methyl sites for hydroxylation is 1. The van der Waals surface area contributed by atoms with Crippen molar-refractivity contribution in [3.63, 3.8) is 0 Å². The van der Waals surface area contributed by atoms with E-state index < -0.39 is 0 Å². The number of hydrogen-bond acceptors (Lipinski definition) is 5. The zero-order valence-electron chi connectivity index (χ0n) is 17.7. The van der Waals surface area contributed by atoms with Crippen molar-refractivity contribution in [2.24, 2.45) is 0 Å². The summed E-state index contributed by atoms with van der Waals surface area (Å²) in [7, 11) is 0. The lowest BCUT2D eigenvalue weighted by Gasteiger charge is -2.39. The second-order valence-corrected chi connectivity index (χ2v) is 7.99. The van der Waals surface area contributed by atoms with E-state index in [1.807, 2.05) is 48.2 Å². The number of carbonyl (C=O) groups excluding carboxylic acids is 1. The smallest absolute Gasteiger partial charge is 0.254 e. The fourth-order valence-corrected chi connectivity index (χ4v) is 4.15. The lowest BCUT2D eigenvalue weighted by Crippen LogP contribution is -2.47. The number of rotatable bonds is 4. The molecule has 0 bridgehead atoms. The highest BCUT2D eigenvalue weighted by Crippen LogP contribution is 2.30. The van der Waals surface area contributed by atoms with Gasteiger partial charge in [0.05, 0.1) is 5.69 Å². The molecule has 2 atom stereocenters. The summed E-state index contributed by atoms with van der Waals surface area (Å²) in [5.74, 6) is 0.790. The summed E-state index contributed by atoms with van der Waals surface area (Å²) < 4.78 is 0. The van der Waals surface area contributed by atoms with Crippen LogP contribution in [-0.2, 0) is 0 Å². The highest BCUT2D eigenvalue weighted by Gasteiger charge is 2.29. The molecule has 1 aromatic carbocycles. The second-order valence-electron chi connectivity index (χ2n) is 7.99. The Bertz CT molecular complexity index is 1030. The van der Waals surface area contributed by atoms with Gasteiger partial charge in [0.25, 0.3) is 5.91 Å². The summed E-state index contributed by atoms with van der Waals surface area (Å²) in [6.45, 7) is 6.31. The largest absolute Gasteiger partial charge is 0.339 e. The maximum Gasteiger partial charge on any atom is 0.254 e. The standard InChI is InChI=1S/C24H27N5O/c1-16-9-10-19(24(30)29-17(2)6-4-7-18(29)3)14-22(16)28-23-20(8-5-12-26-23)21-11-13-25-15-27-21/h5,8-15,17-18H,4,6-7H2,1-3H3,(H,26,28)/t17-,18+. The topological polar surface area (TPSA) is 71.0 Å². The van der Waals surface area contributed by atoms with Crippen molar-refractivity contribution in [3.05, 3.63) is 66.2 Å². The van der Waals surface area contributed by atoms with Gasteiger partial charge in [-0.25, -0.2) is 15.0 Å². The van der Waals surface area contributed by atoms with E-state index in [1.165, 1.54) is 12.7 Å². The number of aromatic nitrogens is 3. The summed E-state index contributed by atoms with van der Waals surface area (Å²) >= 11 is 0. The van der Waals surface area contributed by atoms with Crippen LogP contribution in [0.4, 0.5) is 11.5 Å². The molecule has 154 valence electrons. The van der Waals surface area contributed by atoms with Crippen molar-refractivity contribution in [1.82, 2.24) is 19.9 Å². The van der Waals surface area contributed by atoms with E-state index in [1.54, 1.807) is 12.4 Å². The van der Waals surface area contributed by atoms with Crippen LogP contribution < -0.4 is 5.32 Å². The van der Waals surface area contributed by atoms with E-state index in [0.29, 0.717) is 11.4 Å². The number of piperidine rings is 1. The highest BCUT2D eigenvalue weighted by atomic mass is 16.2. The molecule has 3 heterocycles. The van der Waals surface area contributed by atoms with Crippen molar-refractivity contribution >= 4 is 17.4 Å². The third-order valence-electron chi connectivity index (χ3n) is 5.83. The first-order chi connectivity index (χ1) is 14.5. The molecule has 6 heteroatoms. The summed E-state index contributed by atoms with van der Waals surface area (Å²) in [6, 6.07) is 12.1. The minimum atomic E-state index is 0.0924. The first-order valence-electron chi connectivity index (χ1n) is 10.5. The van der Waals surface area contributed by atoms with Gasteiger partial charge in [0.2, 0.25) is 0 Å². The fraction of sp³-hybridized carbons (Fsp3) is 0.333. The van der Waals surface area contributed by atoms with Crippen LogP contribution in [0.25, 0.3) is 11.3 Å². The Morgan fingerprint density at radius 3 is 2.60 bits per heavy atom. The lowest BCUT2D eigenvalue weighted by atomic mass is 9.96. The number of anilines is 2. The van der Waals surface area contributed by atoms with Gasteiger partial charge in [-0.05, 0) is 75.9 Å². The van der Waals surface area contributed by atoms with Gasteiger partial charge in [-0.15, -0.1) is 0 Å². The Kier molecular flexibility index (Phi) is 5.74. The molecule has 0 spiro atoms. The molecule has 1 N–H and O–H groups in total. The summed E-state index contributed by atoms with van der Waals surface area (Å²) in [4.78, 5) is 28.2. The third-order valence-corrected chi connectivity index (χ3v) is 5.83. The van der Waals surface area contributed by atoms with E-state index in [4.69, 9.17) is 0 Å². The van der Waals surface area contributed by atoms with Crippen LogP contribution in [-0.4, -0.2) is 37.8 Å². The van der Waals surface area contributed by atoms with Gasteiger partial charge >= 0.3 is 0 Å². The van der Waals surface area contributed by atoms with Crippen LogP contribution in [0.1, 0.15) is 49.0 Å². The first-order valence-corrected chi connectivity index (χ1v) is 10.5. The normalized spacial score (nSPS) is 18.8. The average Bonchev–Trinajstić information content (AvgIpc) is 2.76. The van der Waals surface area contributed by atoms with Crippen LogP contribution >= 0.6 is 0 Å². The molecule has 2 aromatic heterocycles. The average molecular weight is 402 g/mol. The van der Waals surface area contributed by atoms with Crippen molar-refractivity contribution in [2.75, 3.05) is 5.32 Å². The van der Waals surface area contributed by atoms with Gasteiger partial charge in [-0.2, -0.15) is 0 Å². The molecule has 1 amide bonds. The number of carbonyl (C=O) groups is 1. The van der Waals surface area contributed by atoms with Crippen molar-refractivity contribution < 1.29 is 4.79 Å². The summed E-state index contributed by atoms with van der Waals surface area (Å²) in [5.41, 5.74) is 4.29. The fourth-order valence-electron chi connectivity index (χ4n) is 4.15. The second kappa shape index (κ2) is 8.61. The molecule has 0 unspecified atom stereocenters. The van der Waals surface area contributed by atoms with E-state index in [9.17, 15) is 4.79 Å². The van der Waals surface area contributed by atoms with Crippen LogP contribution in [0.2, 0.25) is 0 Å². The van der Waals surface area contributed by atoms with Gasteiger partial charge in [0.15, 0.2) is 0 Å². The van der Waals surface area contributed by atoms with Crippen LogP contribution in [0.3, 0.4) is 0 Å². The number of nitrogens with zero attached hydrogens (tertiary/aromatic N) is 4. The van der Waals surface area contributed by atoms with Gasteiger partial charge in [-0.1, -0.05) is 6.07 Å². The predicted octanol–water partition coefficient (Wildman–Crippen LogP) is 4.99. The van der Waals surface area contributed by atoms with Gasteiger partial charge < -0.3 is 10.2 Å². The number of pyridine rings is 1. The Morgan fingerprint density at radius 1 is 1.07 bits per heavy atom. The number of amides is 1. The monoisotopic (exact) mass is 401 g/mol. The minimum absolute atomic E-state index is 0.0924. The lowest BCUT2D eigenvalue weighted by molar-refractivity contribution is 0.0511. The van der Waals surface area contributed by atoms with Crippen LogP contribution in [0, 0.1) is 6.92 Å². The maximum atomic E-state index is 13.3. The predicted molar refractivity (Wildman–Crippen MR) is 119 cm³/mol. The number of hydrogen-bond donors (Lipinski definition) is 1. The van der Waals surface area contributed by atoms with Crippen LogP contribution in [0.15, 0.2) is 55.1 Å². The molecule has 0 saturated carbocycles. The van der Waals surface area contributed by atoms with Crippen molar-refractivity contribution in [1.29, 1.82) is 0 Å². The van der Waals surface area contributed by atoms with Gasteiger partial charge in [0.1, 0.15) is 12.1 Å². The Labute approximate surface area is 177 Å². The molecule has 6 nitrogen and oxygen atoms in total. The Balaban J connectivity index is 1.65. The number of likely N-dealkylation sites (tertiary alicyclic amines) is 1. The zero-order chi connectivity index (χ0) is 21.1. The van der Waals surface area contributed by atoms with E-state index in [0.717, 1.165) is 35.3 Å². The highest BCUT2D eigenvalue weighted by molar-refractivity contribution is 5.96. The molecule has 0 aliphatic carbocycles. The molecule has 1 fully saturated rings. The van der Waals surface area contributed by atoms with Crippen molar-refractivity contribution in [3.8, 4) is 11.3 Å². The molecule has 4 rings (SSSR count). The van der Waals surface area contributed by atoms with Gasteiger partial charge in [0, 0.05) is 41.3 Å². The molecular weight excluding hydrogens is 374 g/mol. The molecule has 1 saturated heterocycles. The maximum absolute atomic E-state index is 13.3. The zero-order valence-corrected chi connectivity index (χ0v) is 17.7. The van der Waals surface area contributed by atoms with Gasteiger partial charge in [-0.3, -0.25) is 4.79 Å². The minimum Gasteiger partial charge on any atom is -0.339 e. The quantitative estimate of drug-likeness (QED) is 0.667. The third kappa shape index (κ3) is 4.03. The summed E-state index contributed by atoms with van der Waals surface area (Å²) in [6.07, 6.45) is 8.28. The van der Waals surface area contributed by atoms with E-state index >= 15 is 0 Å². The summed E-state index contributed by atoms with van der Waals surface area (Å²) in [5, 5.41) is 3.42. The number of nitrogens with one attached hydrogen (secondary N) is 1. The number of benzene rings is 1. The first kappa shape index (κ1) is 20.0. The van der Waals surface area contributed by atoms with E-state index in [2.05, 4.69) is 34.1 Å². The molecule has 1 aliphatic rings. The SMILES string of the molecule is Cc1ccc(C(=O)N2[C@H](C)CCC[C@@H]2C)cc1Nc1ncccc1-c1ccncn1. The van der Waals surface area contributed by atoms with Crippen LogP contribution in [0.5, 0.6) is 0 Å². The molecule has 0 radical (unpaired) electrons. The molecule has 30 heavy (non-hydrogen) atoms. The Morgan fingerprint density at radius 2 is 1.87 bits per heavy atom.